The second-order valence-electron chi connectivity index (χ2n) is 8.86. The molecular formula is C24H32N4O2. The maximum absolute atomic E-state index is 11.3. The van der Waals surface area contributed by atoms with Crippen LogP contribution in [0.25, 0.3) is 0 Å². The first kappa shape index (κ1) is 20.9. The Balaban J connectivity index is 1.21. The lowest BCUT2D eigenvalue weighted by atomic mass is 9.89. The van der Waals surface area contributed by atoms with Crippen molar-refractivity contribution in [2.75, 3.05) is 13.1 Å². The van der Waals surface area contributed by atoms with Gasteiger partial charge in [0.1, 0.15) is 5.82 Å². The summed E-state index contributed by atoms with van der Waals surface area (Å²) >= 11 is 0. The summed E-state index contributed by atoms with van der Waals surface area (Å²) in [5.74, 6) is 0.591. The van der Waals surface area contributed by atoms with Crippen LogP contribution in [0.3, 0.4) is 0 Å². The molecule has 1 fully saturated rings. The van der Waals surface area contributed by atoms with Crippen molar-refractivity contribution in [1.82, 2.24) is 19.9 Å². The van der Waals surface area contributed by atoms with Crippen LogP contribution in [-0.4, -0.2) is 44.0 Å². The fraction of sp³-hybridized carbons (Fsp3) is 0.583. The van der Waals surface area contributed by atoms with Crippen LogP contribution < -0.4 is 0 Å². The minimum Gasteiger partial charge on any atom is -0.481 e. The number of carboxylic acids is 1. The largest absolute Gasteiger partial charge is 0.481 e. The number of aryl methyl sites for hydroxylation is 4. The summed E-state index contributed by atoms with van der Waals surface area (Å²) in [7, 11) is 0. The fourth-order valence-electron chi connectivity index (χ4n) is 4.75. The number of likely N-dealkylation sites (tertiary alicyclic amines) is 1. The van der Waals surface area contributed by atoms with Gasteiger partial charge >= 0.3 is 5.97 Å². The molecule has 6 heteroatoms. The van der Waals surface area contributed by atoms with Crippen LogP contribution in [0, 0.1) is 12.8 Å². The molecule has 3 heterocycles. The zero-order valence-electron chi connectivity index (χ0n) is 17.9. The van der Waals surface area contributed by atoms with Crippen molar-refractivity contribution in [2.45, 2.75) is 70.8 Å². The van der Waals surface area contributed by atoms with Gasteiger partial charge in [0, 0.05) is 48.5 Å². The highest BCUT2D eigenvalue weighted by Gasteiger charge is 2.34. The van der Waals surface area contributed by atoms with Crippen LogP contribution >= 0.6 is 0 Å². The van der Waals surface area contributed by atoms with Crippen molar-refractivity contribution in [2.24, 2.45) is 5.92 Å². The number of hydrogen-bond donors (Lipinski definition) is 1. The normalized spacial score (nSPS) is 17.9. The quantitative estimate of drug-likeness (QED) is 0.634. The zero-order valence-corrected chi connectivity index (χ0v) is 17.9. The topological polar surface area (TPSA) is 79.2 Å². The first-order valence-corrected chi connectivity index (χ1v) is 11.3. The maximum atomic E-state index is 11.3. The number of fused-ring (bicyclic) bond motifs is 1. The molecular weight excluding hydrogens is 376 g/mol. The van der Waals surface area contributed by atoms with E-state index in [-0.39, 0.29) is 12.5 Å². The lowest BCUT2D eigenvalue weighted by Gasteiger charge is -2.44. The monoisotopic (exact) mass is 408 g/mol. The van der Waals surface area contributed by atoms with Crippen molar-refractivity contribution in [1.29, 1.82) is 0 Å². The number of aliphatic carboxylic acids is 1. The third kappa shape index (κ3) is 5.22. The molecule has 1 aliphatic heterocycles. The van der Waals surface area contributed by atoms with Gasteiger partial charge in [0.15, 0.2) is 0 Å². The third-order valence-electron chi connectivity index (χ3n) is 6.51. The average molecular weight is 409 g/mol. The van der Waals surface area contributed by atoms with Crippen molar-refractivity contribution >= 4 is 5.97 Å². The molecule has 30 heavy (non-hydrogen) atoms. The van der Waals surface area contributed by atoms with E-state index in [1.807, 2.05) is 6.92 Å². The van der Waals surface area contributed by atoms with Crippen LogP contribution in [0.15, 0.2) is 24.5 Å². The first-order valence-electron chi connectivity index (χ1n) is 11.3. The Morgan fingerprint density at radius 3 is 2.70 bits per heavy atom. The molecule has 0 unspecified atom stereocenters. The number of rotatable bonds is 9. The SMILES string of the molecule is Cc1ncc([C@H](CC(=O)O)N2CC(CCCCc3ccc4c(n3)CCCC4)C2)cn1. The Kier molecular flexibility index (Phi) is 6.72. The van der Waals surface area contributed by atoms with Crippen molar-refractivity contribution in [3.63, 3.8) is 0 Å². The van der Waals surface area contributed by atoms with E-state index in [4.69, 9.17) is 4.98 Å². The van der Waals surface area contributed by atoms with Gasteiger partial charge in [0.2, 0.25) is 0 Å². The van der Waals surface area contributed by atoms with Crippen molar-refractivity contribution in [3.8, 4) is 0 Å². The Morgan fingerprint density at radius 1 is 1.17 bits per heavy atom. The van der Waals surface area contributed by atoms with Gasteiger partial charge in [0.05, 0.1) is 6.42 Å². The highest BCUT2D eigenvalue weighted by molar-refractivity contribution is 5.67. The number of aromatic nitrogens is 3. The van der Waals surface area contributed by atoms with E-state index < -0.39 is 5.97 Å². The molecule has 0 amide bonds. The van der Waals surface area contributed by atoms with Gasteiger partial charge in [0.25, 0.3) is 0 Å². The van der Waals surface area contributed by atoms with Crippen molar-refractivity contribution < 1.29 is 9.90 Å². The summed E-state index contributed by atoms with van der Waals surface area (Å²) in [6.07, 6.45) is 13.2. The molecule has 1 saturated heterocycles. The van der Waals surface area contributed by atoms with Gasteiger partial charge in [-0.05, 0) is 69.4 Å². The number of carboxylic acid groups (broad SMARTS) is 1. The lowest BCUT2D eigenvalue weighted by Crippen LogP contribution is -2.48. The Bertz CT molecular complexity index is 862. The Labute approximate surface area is 178 Å². The predicted molar refractivity (Wildman–Crippen MR) is 115 cm³/mol. The highest BCUT2D eigenvalue weighted by Crippen LogP contribution is 2.33. The molecule has 6 nitrogen and oxygen atoms in total. The number of carbonyl (C=O) groups is 1. The summed E-state index contributed by atoms with van der Waals surface area (Å²) < 4.78 is 0. The summed E-state index contributed by atoms with van der Waals surface area (Å²) in [5.41, 5.74) is 4.93. The molecule has 0 aromatic carbocycles. The minimum atomic E-state index is -0.776. The molecule has 4 rings (SSSR count). The summed E-state index contributed by atoms with van der Waals surface area (Å²) in [6, 6.07) is 4.38. The molecule has 160 valence electrons. The third-order valence-corrected chi connectivity index (χ3v) is 6.51. The minimum absolute atomic E-state index is 0.100. The molecule has 1 N–H and O–H groups in total. The van der Waals surface area contributed by atoms with Gasteiger partial charge in [-0.3, -0.25) is 14.7 Å². The van der Waals surface area contributed by atoms with Crippen LogP contribution in [-0.2, 0) is 24.1 Å². The summed E-state index contributed by atoms with van der Waals surface area (Å²) in [5, 5.41) is 9.32. The smallest absolute Gasteiger partial charge is 0.305 e. The van der Waals surface area contributed by atoms with Gasteiger partial charge < -0.3 is 5.11 Å². The van der Waals surface area contributed by atoms with E-state index in [1.54, 1.807) is 12.4 Å². The average Bonchev–Trinajstić information content (AvgIpc) is 2.71. The molecule has 0 saturated carbocycles. The van der Waals surface area contributed by atoms with E-state index in [0.717, 1.165) is 31.5 Å². The first-order chi connectivity index (χ1) is 14.6. The summed E-state index contributed by atoms with van der Waals surface area (Å²) in [4.78, 5) is 27.0. The highest BCUT2D eigenvalue weighted by atomic mass is 16.4. The lowest BCUT2D eigenvalue weighted by molar-refractivity contribution is -0.139. The van der Waals surface area contributed by atoms with Crippen LogP contribution in [0.2, 0.25) is 0 Å². The van der Waals surface area contributed by atoms with Gasteiger partial charge in [-0.25, -0.2) is 9.97 Å². The molecule has 1 atom stereocenters. The van der Waals surface area contributed by atoms with Crippen LogP contribution in [0.1, 0.15) is 72.9 Å². The van der Waals surface area contributed by atoms with E-state index in [9.17, 15) is 9.90 Å². The molecule has 1 aliphatic carbocycles. The van der Waals surface area contributed by atoms with Crippen LogP contribution in [0.4, 0.5) is 0 Å². The second-order valence-corrected chi connectivity index (χ2v) is 8.86. The Hall–Kier alpha value is -2.34. The zero-order chi connectivity index (χ0) is 20.9. The molecule has 2 aliphatic rings. The fourth-order valence-corrected chi connectivity index (χ4v) is 4.75. The van der Waals surface area contributed by atoms with Gasteiger partial charge in [-0.1, -0.05) is 12.5 Å². The van der Waals surface area contributed by atoms with E-state index >= 15 is 0 Å². The number of hydrogen-bond acceptors (Lipinski definition) is 5. The van der Waals surface area contributed by atoms with E-state index in [2.05, 4.69) is 27.0 Å². The molecule has 0 radical (unpaired) electrons. The van der Waals surface area contributed by atoms with E-state index in [1.165, 1.54) is 55.5 Å². The van der Waals surface area contributed by atoms with Crippen LogP contribution in [0.5, 0.6) is 0 Å². The molecule has 0 bridgehead atoms. The predicted octanol–water partition coefficient (Wildman–Crippen LogP) is 3.92. The standard InChI is InChI=1S/C24H32N4O2/c1-17-25-13-20(14-26-17)23(12-24(29)30)28-15-18(16-28)6-2-4-8-21-11-10-19-7-3-5-9-22(19)27-21/h10-11,13-14,18,23H,2-9,12,15-16H2,1H3,(H,29,30)/t23-/m0/s1. The number of unbranched alkanes of at least 4 members (excludes halogenated alkanes) is 1. The Morgan fingerprint density at radius 2 is 1.93 bits per heavy atom. The summed E-state index contributed by atoms with van der Waals surface area (Å²) in [6.45, 7) is 3.77. The molecule has 2 aromatic heterocycles. The molecule has 2 aromatic rings. The second kappa shape index (κ2) is 9.65. The van der Waals surface area contributed by atoms with Crippen molar-refractivity contribution in [3.05, 3.63) is 52.9 Å². The van der Waals surface area contributed by atoms with Gasteiger partial charge in [-0.2, -0.15) is 0 Å². The maximum Gasteiger partial charge on any atom is 0.305 e. The number of pyridine rings is 1. The molecule has 0 spiro atoms. The number of nitrogens with zero attached hydrogens (tertiary/aromatic N) is 4. The van der Waals surface area contributed by atoms with Gasteiger partial charge in [-0.15, -0.1) is 0 Å². The van der Waals surface area contributed by atoms with E-state index in [0.29, 0.717) is 11.7 Å².